The lowest BCUT2D eigenvalue weighted by Crippen LogP contribution is -2.23. The van der Waals surface area contributed by atoms with Crippen molar-refractivity contribution >= 4 is 6.16 Å². The van der Waals surface area contributed by atoms with Gasteiger partial charge in [-0.05, 0) is 52.5 Å². The molecule has 0 bridgehead atoms. The average Bonchev–Trinajstić information content (AvgIpc) is 2.54. The van der Waals surface area contributed by atoms with Crippen LogP contribution in [0.25, 0.3) is 0 Å². The zero-order valence-electron chi connectivity index (χ0n) is 15.9. The van der Waals surface area contributed by atoms with Gasteiger partial charge in [0.15, 0.2) is 0 Å². The van der Waals surface area contributed by atoms with Gasteiger partial charge in [-0.25, -0.2) is 4.79 Å². The second-order valence-electron chi connectivity index (χ2n) is 6.15. The quantitative estimate of drug-likeness (QED) is 0.245. The monoisotopic (exact) mass is 346 g/mol. The number of ether oxygens (including phenoxy) is 3. The summed E-state index contributed by atoms with van der Waals surface area (Å²) in [4.78, 5) is 11.8. The SMILES string of the molecule is C=CC(OC(=O)OCC)=C(C(=C)OCC)C1C=C(C)CCC1C(=C)C. The second-order valence-corrected chi connectivity index (χ2v) is 6.15. The van der Waals surface area contributed by atoms with Crippen LogP contribution in [0, 0.1) is 11.8 Å². The van der Waals surface area contributed by atoms with Crippen molar-refractivity contribution in [2.75, 3.05) is 13.2 Å². The number of allylic oxidation sites excluding steroid dienone is 5. The molecular formula is C21H30O4. The van der Waals surface area contributed by atoms with Gasteiger partial charge in [0, 0.05) is 11.5 Å². The third-order valence-corrected chi connectivity index (χ3v) is 4.24. The Hall–Kier alpha value is -2.23. The number of rotatable bonds is 8. The van der Waals surface area contributed by atoms with Gasteiger partial charge in [-0.1, -0.05) is 37.0 Å². The Morgan fingerprint density at radius 1 is 1.28 bits per heavy atom. The summed E-state index contributed by atoms with van der Waals surface area (Å²) in [7, 11) is 0. The van der Waals surface area contributed by atoms with Crippen LogP contribution in [0.4, 0.5) is 4.79 Å². The van der Waals surface area contributed by atoms with E-state index in [2.05, 4.69) is 32.7 Å². The van der Waals surface area contributed by atoms with E-state index in [4.69, 9.17) is 14.2 Å². The molecule has 2 unspecified atom stereocenters. The molecule has 0 aromatic heterocycles. The summed E-state index contributed by atoms with van der Waals surface area (Å²) >= 11 is 0. The summed E-state index contributed by atoms with van der Waals surface area (Å²) in [6.07, 6.45) is 4.92. The van der Waals surface area contributed by atoms with Crippen LogP contribution >= 0.6 is 0 Å². The average molecular weight is 346 g/mol. The van der Waals surface area contributed by atoms with E-state index in [0.717, 1.165) is 24.0 Å². The highest BCUT2D eigenvalue weighted by Gasteiger charge is 2.32. The highest BCUT2D eigenvalue weighted by molar-refractivity contribution is 5.62. The fourth-order valence-corrected chi connectivity index (χ4v) is 3.09. The Balaban J connectivity index is 3.42. The summed E-state index contributed by atoms with van der Waals surface area (Å²) < 4.78 is 15.9. The smallest absolute Gasteiger partial charge is 0.494 e. The minimum Gasteiger partial charge on any atom is -0.494 e. The van der Waals surface area contributed by atoms with Crippen LogP contribution < -0.4 is 0 Å². The first-order valence-electron chi connectivity index (χ1n) is 8.71. The highest BCUT2D eigenvalue weighted by Crippen LogP contribution is 2.41. The zero-order chi connectivity index (χ0) is 19.0. The molecule has 1 aliphatic rings. The molecule has 0 N–H and O–H groups in total. The summed E-state index contributed by atoms with van der Waals surface area (Å²) in [5.41, 5.74) is 3.08. The fraction of sp³-hybridized carbons (Fsp3) is 0.476. The van der Waals surface area contributed by atoms with E-state index >= 15 is 0 Å². The molecule has 0 spiro atoms. The molecule has 2 atom stereocenters. The molecule has 0 fully saturated rings. The molecule has 0 amide bonds. The van der Waals surface area contributed by atoms with Crippen LogP contribution in [0.1, 0.15) is 40.5 Å². The van der Waals surface area contributed by atoms with E-state index in [-0.39, 0.29) is 18.4 Å². The largest absolute Gasteiger partial charge is 0.513 e. The van der Waals surface area contributed by atoms with Crippen molar-refractivity contribution in [3.63, 3.8) is 0 Å². The van der Waals surface area contributed by atoms with Crippen molar-refractivity contribution in [2.45, 2.75) is 40.5 Å². The molecule has 4 nitrogen and oxygen atoms in total. The van der Waals surface area contributed by atoms with Gasteiger partial charge in [-0.3, -0.25) is 0 Å². The summed E-state index contributed by atoms with van der Waals surface area (Å²) in [5.74, 6) is 0.979. The zero-order valence-corrected chi connectivity index (χ0v) is 15.9. The van der Waals surface area contributed by atoms with Crippen molar-refractivity contribution in [2.24, 2.45) is 11.8 Å². The van der Waals surface area contributed by atoms with Crippen LogP contribution in [0.15, 0.2) is 60.1 Å². The third kappa shape index (κ3) is 5.66. The van der Waals surface area contributed by atoms with Crippen LogP contribution in [-0.2, 0) is 14.2 Å². The minimum absolute atomic E-state index is 0.0345. The van der Waals surface area contributed by atoms with Crippen LogP contribution in [-0.4, -0.2) is 19.4 Å². The summed E-state index contributed by atoms with van der Waals surface area (Å²) in [6, 6.07) is 0. The maximum absolute atomic E-state index is 11.8. The predicted octanol–water partition coefficient (Wildman–Crippen LogP) is 5.70. The van der Waals surface area contributed by atoms with Crippen molar-refractivity contribution in [1.29, 1.82) is 0 Å². The molecule has 138 valence electrons. The van der Waals surface area contributed by atoms with E-state index in [1.165, 1.54) is 11.6 Å². The number of carbonyl (C=O) groups excluding carboxylic acids is 1. The third-order valence-electron chi connectivity index (χ3n) is 4.24. The molecule has 0 saturated heterocycles. The van der Waals surface area contributed by atoms with E-state index in [0.29, 0.717) is 18.1 Å². The second kappa shape index (κ2) is 9.92. The number of carbonyl (C=O) groups is 1. The molecule has 0 aromatic rings. The first-order chi connectivity index (χ1) is 11.8. The lowest BCUT2D eigenvalue weighted by molar-refractivity contribution is 0.0824. The summed E-state index contributed by atoms with van der Waals surface area (Å²) in [5, 5.41) is 0. The molecule has 0 aliphatic heterocycles. The van der Waals surface area contributed by atoms with Gasteiger partial charge in [0.05, 0.1) is 13.2 Å². The molecule has 0 saturated carbocycles. The molecule has 4 heteroatoms. The normalized spacial score (nSPS) is 20.7. The Morgan fingerprint density at radius 2 is 1.92 bits per heavy atom. The van der Waals surface area contributed by atoms with Gasteiger partial charge in [0.25, 0.3) is 0 Å². The summed E-state index contributed by atoms with van der Waals surface area (Å²) in [6.45, 7) is 20.4. The predicted molar refractivity (Wildman–Crippen MR) is 101 cm³/mol. The lowest BCUT2D eigenvalue weighted by Gasteiger charge is -2.33. The van der Waals surface area contributed by atoms with E-state index in [1.807, 2.05) is 13.8 Å². The van der Waals surface area contributed by atoms with Gasteiger partial charge in [-0.15, -0.1) is 0 Å². The Labute approximate surface area is 151 Å². The van der Waals surface area contributed by atoms with Gasteiger partial charge < -0.3 is 14.2 Å². The number of hydrogen-bond donors (Lipinski definition) is 0. The molecule has 0 radical (unpaired) electrons. The molecular weight excluding hydrogens is 316 g/mol. The Morgan fingerprint density at radius 3 is 2.44 bits per heavy atom. The van der Waals surface area contributed by atoms with Crippen LogP contribution in [0.5, 0.6) is 0 Å². The molecule has 0 aromatic carbocycles. The molecule has 25 heavy (non-hydrogen) atoms. The van der Waals surface area contributed by atoms with E-state index < -0.39 is 6.16 Å². The van der Waals surface area contributed by atoms with Crippen molar-refractivity contribution < 1.29 is 19.0 Å². The first kappa shape index (κ1) is 20.8. The van der Waals surface area contributed by atoms with Gasteiger partial charge in [-0.2, -0.15) is 0 Å². The first-order valence-corrected chi connectivity index (χ1v) is 8.71. The van der Waals surface area contributed by atoms with Crippen LogP contribution in [0.2, 0.25) is 0 Å². The van der Waals surface area contributed by atoms with Crippen molar-refractivity contribution in [1.82, 2.24) is 0 Å². The standard InChI is InChI=1S/C21H30O4/c1-8-19(25-21(22)24-10-3)20(16(7)23-9-2)18-13-15(6)11-12-17(18)14(4)5/h8,13,17-18H,1,4,7,9-12H2,2-3,5-6H3. The topological polar surface area (TPSA) is 44.8 Å². The molecule has 0 heterocycles. The van der Waals surface area contributed by atoms with Gasteiger partial charge in [0.1, 0.15) is 11.5 Å². The number of hydrogen-bond acceptors (Lipinski definition) is 4. The lowest BCUT2D eigenvalue weighted by atomic mass is 9.73. The van der Waals surface area contributed by atoms with Crippen LogP contribution in [0.3, 0.4) is 0 Å². The minimum atomic E-state index is -0.761. The fourth-order valence-electron chi connectivity index (χ4n) is 3.09. The molecule has 1 aliphatic carbocycles. The van der Waals surface area contributed by atoms with E-state index in [1.54, 1.807) is 6.92 Å². The van der Waals surface area contributed by atoms with Gasteiger partial charge in [0.2, 0.25) is 0 Å². The molecule has 1 rings (SSSR count). The maximum Gasteiger partial charge on any atom is 0.513 e. The highest BCUT2D eigenvalue weighted by atomic mass is 16.7. The maximum atomic E-state index is 11.8. The Kier molecular flexibility index (Phi) is 8.26. The van der Waals surface area contributed by atoms with Crippen molar-refractivity contribution in [3.05, 3.63) is 60.1 Å². The van der Waals surface area contributed by atoms with E-state index in [9.17, 15) is 4.79 Å². The van der Waals surface area contributed by atoms with Crippen molar-refractivity contribution in [3.8, 4) is 0 Å². The van der Waals surface area contributed by atoms with Gasteiger partial charge >= 0.3 is 6.16 Å². The Bertz CT molecular complexity index is 595.